The van der Waals surface area contributed by atoms with E-state index in [1.807, 2.05) is 13.0 Å². The van der Waals surface area contributed by atoms with E-state index in [2.05, 4.69) is 11.1 Å². The average molecular weight is 407 g/mol. The lowest BCUT2D eigenvalue weighted by atomic mass is 10.1. The van der Waals surface area contributed by atoms with Gasteiger partial charge in [0.05, 0.1) is 35.4 Å². The van der Waals surface area contributed by atoms with Crippen LogP contribution < -0.4 is 4.74 Å². The standard InChI is InChI=1S/C22H21N3O3S/c1-2-28-21-10-12-22(13-11-21)29(26,27)25(17-20-5-3-4-14-24-20)16-19-8-6-18(15-23)7-9-19/h3-14H,2,16-17H2,1H3. The van der Waals surface area contributed by atoms with Crippen molar-refractivity contribution in [1.29, 1.82) is 5.26 Å². The Kier molecular flexibility index (Phi) is 6.60. The van der Waals surface area contributed by atoms with E-state index in [0.717, 1.165) is 5.56 Å². The summed E-state index contributed by atoms with van der Waals surface area (Å²) in [6, 6.07) is 20.7. The first-order valence-corrected chi connectivity index (χ1v) is 10.6. The number of rotatable bonds is 8. The van der Waals surface area contributed by atoms with Crippen molar-refractivity contribution in [2.45, 2.75) is 24.9 Å². The first-order valence-electron chi connectivity index (χ1n) is 9.15. The summed E-state index contributed by atoms with van der Waals surface area (Å²) >= 11 is 0. The lowest BCUT2D eigenvalue weighted by Gasteiger charge is -2.22. The number of nitriles is 1. The van der Waals surface area contributed by atoms with Crippen LogP contribution in [0.2, 0.25) is 0 Å². The summed E-state index contributed by atoms with van der Waals surface area (Å²) in [6.45, 7) is 2.68. The van der Waals surface area contributed by atoms with Crippen LogP contribution >= 0.6 is 0 Å². The molecule has 0 N–H and O–H groups in total. The van der Waals surface area contributed by atoms with Crippen LogP contribution in [0.1, 0.15) is 23.7 Å². The molecule has 0 amide bonds. The molecule has 148 valence electrons. The zero-order valence-corrected chi connectivity index (χ0v) is 16.8. The van der Waals surface area contributed by atoms with Gasteiger partial charge in [0, 0.05) is 12.7 Å². The minimum atomic E-state index is -3.77. The van der Waals surface area contributed by atoms with Gasteiger partial charge in [0.2, 0.25) is 10.0 Å². The molecule has 6 nitrogen and oxygen atoms in total. The predicted octanol–water partition coefficient (Wildman–Crippen LogP) is 3.74. The fourth-order valence-electron chi connectivity index (χ4n) is 2.81. The Morgan fingerprint density at radius 2 is 1.72 bits per heavy atom. The molecule has 0 aliphatic carbocycles. The highest BCUT2D eigenvalue weighted by atomic mass is 32.2. The van der Waals surface area contributed by atoms with Gasteiger partial charge >= 0.3 is 0 Å². The van der Waals surface area contributed by atoms with E-state index in [-0.39, 0.29) is 18.0 Å². The molecule has 0 atom stereocenters. The molecule has 2 aromatic carbocycles. The van der Waals surface area contributed by atoms with Crippen molar-refractivity contribution < 1.29 is 13.2 Å². The number of nitrogens with zero attached hydrogens (tertiary/aromatic N) is 3. The zero-order valence-electron chi connectivity index (χ0n) is 16.0. The first kappa shape index (κ1) is 20.5. The summed E-state index contributed by atoms with van der Waals surface area (Å²) in [4.78, 5) is 4.45. The summed E-state index contributed by atoms with van der Waals surface area (Å²) in [5.74, 6) is 0.620. The number of hydrogen-bond acceptors (Lipinski definition) is 5. The van der Waals surface area contributed by atoms with E-state index in [9.17, 15) is 8.42 Å². The van der Waals surface area contributed by atoms with E-state index < -0.39 is 10.0 Å². The maximum Gasteiger partial charge on any atom is 0.243 e. The third-order valence-electron chi connectivity index (χ3n) is 4.28. The van der Waals surface area contributed by atoms with Crippen LogP contribution in [0.5, 0.6) is 5.75 Å². The molecule has 0 bridgehead atoms. The Morgan fingerprint density at radius 1 is 1.00 bits per heavy atom. The molecule has 0 radical (unpaired) electrons. The molecule has 0 aliphatic heterocycles. The van der Waals surface area contributed by atoms with Crippen molar-refractivity contribution in [1.82, 2.24) is 9.29 Å². The Morgan fingerprint density at radius 3 is 2.31 bits per heavy atom. The second kappa shape index (κ2) is 9.32. The van der Waals surface area contributed by atoms with Crippen molar-refractivity contribution in [2.24, 2.45) is 0 Å². The zero-order chi connectivity index (χ0) is 20.7. The minimum absolute atomic E-state index is 0.135. The molecule has 29 heavy (non-hydrogen) atoms. The highest BCUT2D eigenvalue weighted by Crippen LogP contribution is 2.23. The quantitative estimate of drug-likeness (QED) is 0.568. The molecular formula is C22H21N3O3S. The van der Waals surface area contributed by atoms with Crippen molar-refractivity contribution in [3.63, 3.8) is 0 Å². The van der Waals surface area contributed by atoms with Crippen LogP contribution in [-0.2, 0) is 23.1 Å². The molecule has 3 aromatic rings. The highest BCUT2D eigenvalue weighted by Gasteiger charge is 2.25. The maximum absolute atomic E-state index is 13.3. The van der Waals surface area contributed by atoms with Crippen LogP contribution in [-0.4, -0.2) is 24.3 Å². The lowest BCUT2D eigenvalue weighted by Crippen LogP contribution is -2.30. The Bertz CT molecular complexity index is 1070. The van der Waals surface area contributed by atoms with Gasteiger partial charge in [-0.1, -0.05) is 18.2 Å². The van der Waals surface area contributed by atoms with Crippen LogP contribution in [0.4, 0.5) is 0 Å². The molecule has 0 spiro atoms. The van der Waals surface area contributed by atoms with Gasteiger partial charge < -0.3 is 4.74 Å². The highest BCUT2D eigenvalue weighted by molar-refractivity contribution is 7.89. The van der Waals surface area contributed by atoms with E-state index in [1.54, 1.807) is 66.9 Å². The van der Waals surface area contributed by atoms with E-state index in [0.29, 0.717) is 23.6 Å². The van der Waals surface area contributed by atoms with Gasteiger partial charge in [0.25, 0.3) is 0 Å². The average Bonchev–Trinajstić information content (AvgIpc) is 2.75. The maximum atomic E-state index is 13.3. The largest absolute Gasteiger partial charge is 0.494 e. The number of benzene rings is 2. The van der Waals surface area contributed by atoms with Gasteiger partial charge in [-0.25, -0.2) is 8.42 Å². The van der Waals surface area contributed by atoms with Crippen LogP contribution in [0.3, 0.4) is 0 Å². The third-order valence-corrected chi connectivity index (χ3v) is 6.08. The number of hydrogen-bond donors (Lipinski definition) is 0. The lowest BCUT2D eigenvalue weighted by molar-refractivity contribution is 0.340. The van der Waals surface area contributed by atoms with Gasteiger partial charge in [-0.15, -0.1) is 0 Å². The van der Waals surface area contributed by atoms with Gasteiger partial charge in [-0.3, -0.25) is 4.98 Å². The predicted molar refractivity (Wildman–Crippen MR) is 109 cm³/mol. The van der Waals surface area contributed by atoms with Crippen LogP contribution in [0.25, 0.3) is 0 Å². The summed E-state index contributed by atoms with van der Waals surface area (Å²) in [5.41, 5.74) is 1.96. The molecule has 0 aliphatic rings. The van der Waals surface area contributed by atoms with Crippen molar-refractivity contribution in [3.05, 3.63) is 89.7 Å². The third kappa shape index (κ3) is 5.19. The number of pyridine rings is 1. The number of ether oxygens (including phenoxy) is 1. The molecule has 0 saturated heterocycles. The molecule has 3 rings (SSSR count). The fourth-order valence-corrected chi connectivity index (χ4v) is 4.21. The Balaban J connectivity index is 1.92. The molecule has 0 fully saturated rings. The molecule has 1 aromatic heterocycles. The monoisotopic (exact) mass is 407 g/mol. The van der Waals surface area contributed by atoms with Gasteiger partial charge in [-0.2, -0.15) is 9.57 Å². The second-order valence-corrected chi connectivity index (χ2v) is 8.25. The Hall–Kier alpha value is -3.21. The van der Waals surface area contributed by atoms with E-state index >= 15 is 0 Å². The van der Waals surface area contributed by atoms with Gasteiger partial charge in [0.15, 0.2) is 0 Å². The number of sulfonamides is 1. The summed E-state index contributed by atoms with van der Waals surface area (Å²) < 4.78 is 33.5. The SMILES string of the molecule is CCOc1ccc(S(=O)(=O)N(Cc2ccc(C#N)cc2)Cc2ccccn2)cc1. The Labute approximate surface area is 171 Å². The summed E-state index contributed by atoms with van der Waals surface area (Å²) in [7, 11) is -3.77. The molecule has 0 unspecified atom stereocenters. The van der Waals surface area contributed by atoms with E-state index in [4.69, 9.17) is 10.00 Å². The van der Waals surface area contributed by atoms with E-state index in [1.165, 1.54) is 4.31 Å². The number of aromatic nitrogens is 1. The second-order valence-electron chi connectivity index (χ2n) is 6.31. The van der Waals surface area contributed by atoms with Crippen LogP contribution in [0, 0.1) is 11.3 Å². The minimum Gasteiger partial charge on any atom is -0.494 e. The van der Waals surface area contributed by atoms with Gasteiger partial charge in [0.1, 0.15) is 5.75 Å². The molecule has 1 heterocycles. The smallest absolute Gasteiger partial charge is 0.243 e. The summed E-state index contributed by atoms with van der Waals surface area (Å²) in [5, 5.41) is 8.97. The van der Waals surface area contributed by atoms with Crippen molar-refractivity contribution >= 4 is 10.0 Å². The fraction of sp³-hybridized carbons (Fsp3) is 0.182. The molecular weight excluding hydrogens is 386 g/mol. The molecule has 7 heteroatoms. The summed E-state index contributed by atoms with van der Waals surface area (Å²) in [6.07, 6.45) is 1.64. The van der Waals surface area contributed by atoms with Crippen molar-refractivity contribution in [2.75, 3.05) is 6.61 Å². The topological polar surface area (TPSA) is 83.3 Å². The van der Waals surface area contributed by atoms with Crippen LogP contribution in [0.15, 0.2) is 77.8 Å². The molecule has 0 saturated carbocycles. The first-order chi connectivity index (χ1) is 14.0. The van der Waals surface area contributed by atoms with Gasteiger partial charge in [-0.05, 0) is 61.0 Å². The van der Waals surface area contributed by atoms with Crippen molar-refractivity contribution in [3.8, 4) is 11.8 Å². The normalized spacial score (nSPS) is 11.2.